The van der Waals surface area contributed by atoms with E-state index in [1.165, 1.54) is 55.6 Å². The highest BCUT2D eigenvalue weighted by Gasteiger charge is 2.50. The first kappa shape index (κ1) is 35.5. The molecule has 10 aromatic carbocycles. The van der Waals surface area contributed by atoms with Crippen LogP contribution in [0.1, 0.15) is 22.3 Å². The first-order valence-electron chi connectivity index (χ1n) is 21.8. The van der Waals surface area contributed by atoms with Crippen LogP contribution >= 0.6 is 0 Å². The van der Waals surface area contributed by atoms with Gasteiger partial charge < -0.3 is 9.64 Å². The smallest absolute Gasteiger partial charge is 0.159 e. The van der Waals surface area contributed by atoms with Crippen LogP contribution in [0.15, 0.2) is 237 Å². The maximum Gasteiger partial charge on any atom is 0.159 e. The number of para-hydroxylation sites is 3. The van der Waals surface area contributed by atoms with E-state index in [4.69, 9.17) is 4.74 Å². The van der Waals surface area contributed by atoms with Crippen LogP contribution in [0.3, 0.4) is 0 Å². The SMILES string of the molecule is c1ccc(-c2ccccc2N(c2cccc3c2Oc2ccccc2-c2ccccc2-3)c2cccc3c2-c2ccccc2C32c3ccccc3-c3ccccc3-c3ccccc32)cc1. The van der Waals surface area contributed by atoms with Gasteiger partial charge in [0.2, 0.25) is 0 Å². The van der Waals surface area contributed by atoms with E-state index in [1.807, 2.05) is 0 Å². The molecule has 0 amide bonds. The van der Waals surface area contributed by atoms with Gasteiger partial charge in [0.05, 0.1) is 22.5 Å². The lowest BCUT2D eigenvalue weighted by Gasteiger charge is -2.36. The second-order valence-electron chi connectivity index (χ2n) is 16.6. The fraction of sp³-hybridized carbons (Fsp3) is 0.0164. The molecule has 1 spiro atoms. The summed E-state index contributed by atoms with van der Waals surface area (Å²) >= 11 is 0. The molecule has 63 heavy (non-hydrogen) atoms. The summed E-state index contributed by atoms with van der Waals surface area (Å²) < 4.78 is 7.29. The molecule has 0 atom stereocenters. The van der Waals surface area contributed by atoms with E-state index in [0.717, 1.165) is 61.9 Å². The second kappa shape index (κ2) is 13.9. The molecule has 0 saturated carbocycles. The lowest BCUT2D eigenvalue weighted by atomic mass is 9.66. The summed E-state index contributed by atoms with van der Waals surface area (Å²) in [4.78, 5) is 2.48. The number of hydrogen-bond donors (Lipinski definition) is 0. The van der Waals surface area contributed by atoms with Gasteiger partial charge in [-0.2, -0.15) is 0 Å². The Labute approximate surface area is 367 Å². The van der Waals surface area contributed by atoms with Gasteiger partial charge in [-0.05, 0) is 91.0 Å². The minimum atomic E-state index is -0.624. The topological polar surface area (TPSA) is 12.5 Å². The number of rotatable bonds is 4. The van der Waals surface area contributed by atoms with Crippen LogP contribution in [0, 0.1) is 0 Å². The molecule has 0 aromatic heterocycles. The van der Waals surface area contributed by atoms with Gasteiger partial charge in [-0.3, -0.25) is 0 Å². The third-order valence-electron chi connectivity index (χ3n) is 13.5. The molecular weight excluding hydrogens is 763 g/mol. The van der Waals surface area contributed by atoms with E-state index in [-0.39, 0.29) is 0 Å². The number of anilines is 3. The Hall–Kier alpha value is -8.20. The fourth-order valence-electron chi connectivity index (χ4n) is 11.0. The van der Waals surface area contributed by atoms with Gasteiger partial charge >= 0.3 is 0 Å². The molecule has 3 aliphatic rings. The molecule has 0 unspecified atom stereocenters. The van der Waals surface area contributed by atoms with Crippen LogP contribution in [0.2, 0.25) is 0 Å². The Morgan fingerprint density at radius 2 is 0.683 bits per heavy atom. The number of nitrogens with zero attached hydrogens (tertiary/aromatic N) is 1. The standard InChI is InChI=1S/C61H39NO/c1-2-20-40(21-3-1)41-22-11-16-36-55(41)62(57-38-18-31-49-45-26-7-6-25-44(45)48-29-12-17-39-58(48)63-60(49)57)56-37-19-35-54-59(56)50-30-10-15-34-53(50)61(54)51-32-13-8-27-46(51)42-23-4-5-24-43(42)47-28-9-14-33-52(47)61/h1-39H. The zero-order valence-electron chi connectivity index (χ0n) is 34.4. The predicted molar refractivity (Wildman–Crippen MR) is 259 cm³/mol. The van der Waals surface area contributed by atoms with Gasteiger partial charge in [0, 0.05) is 22.3 Å². The maximum atomic E-state index is 7.29. The van der Waals surface area contributed by atoms with Crippen molar-refractivity contribution in [2.45, 2.75) is 5.41 Å². The van der Waals surface area contributed by atoms with E-state index in [2.05, 4.69) is 241 Å². The van der Waals surface area contributed by atoms with Crippen LogP contribution < -0.4 is 9.64 Å². The van der Waals surface area contributed by atoms with Crippen molar-refractivity contribution in [3.05, 3.63) is 259 Å². The van der Waals surface area contributed by atoms with E-state index in [1.54, 1.807) is 0 Å². The molecule has 13 rings (SSSR count). The average molecular weight is 802 g/mol. The minimum absolute atomic E-state index is 0.624. The van der Waals surface area contributed by atoms with Crippen LogP contribution in [-0.4, -0.2) is 0 Å². The highest BCUT2D eigenvalue weighted by molar-refractivity contribution is 6.04. The third kappa shape index (κ3) is 5.07. The van der Waals surface area contributed by atoms with Crippen LogP contribution in [-0.2, 0) is 5.41 Å². The third-order valence-corrected chi connectivity index (χ3v) is 13.5. The molecule has 2 heteroatoms. The largest absolute Gasteiger partial charge is 0.454 e. The molecule has 1 heterocycles. The summed E-state index contributed by atoms with van der Waals surface area (Å²) in [5.74, 6) is 1.65. The average Bonchev–Trinajstić information content (AvgIpc) is 3.50. The molecule has 2 nitrogen and oxygen atoms in total. The maximum absolute atomic E-state index is 7.29. The van der Waals surface area contributed by atoms with Gasteiger partial charge in [0.15, 0.2) is 5.75 Å². The zero-order valence-corrected chi connectivity index (χ0v) is 34.4. The van der Waals surface area contributed by atoms with Gasteiger partial charge in [0.1, 0.15) is 5.75 Å². The molecule has 0 fully saturated rings. The van der Waals surface area contributed by atoms with Gasteiger partial charge in [-0.1, -0.05) is 212 Å². The Bertz CT molecular complexity index is 3390. The zero-order chi connectivity index (χ0) is 41.5. The van der Waals surface area contributed by atoms with Gasteiger partial charge in [-0.15, -0.1) is 0 Å². The minimum Gasteiger partial charge on any atom is -0.454 e. The van der Waals surface area contributed by atoms with Gasteiger partial charge in [0.25, 0.3) is 0 Å². The fourth-order valence-corrected chi connectivity index (χ4v) is 11.0. The number of hydrogen-bond acceptors (Lipinski definition) is 2. The first-order chi connectivity index (χ1) is 31.3. The molecule has 1 aliphatic heterocycles. The van der Waals surface area contributed by atoms with E-state index < -0.39 is 5.41 Å². The molecule has 294 valence electrons. The Morgan fingerprint density at radius 3 is 1.35 bits per heavy atom. The Kier molecular flexibility index (Phi) is 7.85. The molecule has 0 bridgehead atoms. The summed E-state index contributed by atoms with van der Waals surface area (Å²) in [6, 6.07) is 86.6. The lowest BCUT2D eigenvalue weighted by molar-refractivity contribution is 0.489. The molecule has 0 N–H and O–H groups in total. The Morgan fingerprint density at radius 1 is 0.270 bits per heavy atom. The molecule has 0 saturated heterocycles. The highest BCUT2D eigenvalue weighted by Crippen LogP contribution is 2.64. The number of fused-ring (bicyclic) bond motifs is 17. The van der Waals surface area contributed by atoms with Crippen molar-refractivity contribution in [2.75, 3.05) is 4.90 Å². The normalized spacial score (nSPS) is 13.0. The Balaban J connectivity index is 1.16. The molecular formula is C61H39NO. The van der Waals surface area contributed by atoms with Crippen molar-refractivity contribution >= 4 is 17.1 Å². The van der Waals surface area contributed by atoms with Crippen LogP contribution in [0.5, 0.6) is 11.5 Å². The van der Waals surface area contributed by atoms with Crippen molar-refractivity contribution < 1.29 is 4.74 Å². The number of benzene rings is 10. The monoisotopic (exact) mass is 801 g/mol. The van der Waals surface area contributed by atoms with E-state index >= 15 is 0 Å². The van der Waals surface area contributed by atoms with Gasteiger partial charge in [-0.25, -0.2) is 0 Å². The number of ether oxygens (including phenoxy) is 1. The van der Waals surface area contributed by atoms with E-state index in [9.17, 15) is 0 Å². The van der Waals surface area contributed by atoms with E-state index in [0.29, 0.717) is 0 Å². The quantitative estimate of drug-likeness (QED) is 0.176. The first-order valence-corrected chi connectivity index (χ1v) is 21.8. The van der Waals surface area contributed by atoms with Crippen LogP contribution in [0.25, 0.3) is 66.8 Å². The lowest BCUT2D eigenvalue weighted by Crippen LogP contribution is -2.29. The highest BCUT2D eigenvalue weighted by atomic mass is 16.5. The van der Waals surface area contributed by atoms with Crippen molar-refractivity contribution in [1.29, 1.82) is 0 Å². The van der Waals surface area contributed by atoms with Crippen molar-refractivity contribution in [3.63, 3.8) is 0 Å². The van der Waals surface area contributed by atoms with Crippen molar-refractivity contribution in [1.82, 2.24) is 0 Å². The van der Waals surface area contributed by atoms with Crippen molar-refractivity contribution in [2.24, 2.45) is 0 Å². The summed E-state index contributed by atoms with van der Waals surface area (Å²) in [6.45, 7) is 0. The molecule has 0 radical (unpaired) electrons. The summed E-state index contributed by atoms with van der Waals surface area (Å²) in [5, 5.41) is 0. The summed E-state index contributed by atoms with van der Waals surface area (Å²) in [7, 11) is 0. The van der Waals surface area contributed by atoms with Crippen molar-refractivity contribution in [3.8, 4) is 78.3 Å². The van der Waals surface area contributed by atoms with Crippen LogP contribution in [0.4, 0.5) is 17.1 Å². The summed E-state index contributed by atoms with van der Waals surface area (Å²) in [6.07, 6.45) is 0. The molecule has 10 aromatic rings. The second-order valence-corrected chi connectivity index (χ2v) is 16.6. The predicted octanol–water partition coefficient (Wildman–Crippen LogP) is 16.3. The summed E-state index contributed by atoms with van der Waals surface area (Å²) in [5.41, 5.74) is 21.7. The molecule has 2 aliphatic carbocycles.